The van der Waals surface area contributed by atoms with Crippen LogP contribution in [0, 0.1) is 5.82 Å². The summed E-state index contributed by atoms with van der Waals surface area (Å²) in [4.78, 5) is 16.1. The predicted molar refractivity (Wildman–Crippen MR) is 106 cm³/mol. The molecule has 144 valence electrons. The highest BCUT2D eigenvalue weighted by atomic mass is 19.1. The number of fused-ring (bicyclic) bond motifs is 1. The van der Waals surface area contributed by atoms with Crippen molar-refractivity contribution in [2.75, 3.05) is 37.9 Å². The van der Waals surface area contributed by atoms with Crippen LogP contribution < -0.4 is 14.4 Å². The van der Waals surface area contributed by atoms with Crippen LogP contribution >= 0.6 is 0 Å². The first-order valence-corrected chi connectivity index (χ1v) is 9.23. The van der Waals surface area contributed by atoms with E-state index in [1.54, 1.807) is 29.2 Å². The van der Waals surface area contributed by atoms with Crippen molar-refractivity contribution >= 4 is 17.7 Å². The zero-order valence-electron chi connectivity index (χ0n) is 15.4. The van der Waals surface area contributed by atoms with Gasteiger partial charge in [0.25, 0.3) is 0 Å². The number of halogens is 1. The van der Waals surface area contributed by atoms with Crippen LogP contribution in [0.2, 0.25) is 0 Å². The predicted octanol–water partition coefficient (Wildman–Crippen LogP) is 3.47. The molecule has 1 saturated heterocycles. The molecule has 1 amide bonds. The Bertz CT molecular complexity index is 918. The third-order valence-electron chi connectivity index (χ3n) is 4.82. The average Bonchev–Trinajstić information content (AvgIpc) is 3.19. The van der Waals surface area contributed by atoms with Crippen LogP contribution in [0.4, 0.5) is 10.1 Å². The molecule has 0 atom stereocenters. The standard InChI is InChI=1S/C22H21FN2O3/c23-18-6-2-3-7-19(18)24-11-13-25(14-12-24)22(26)8-4-1-5-17-9-10-20-21(15-17)28-16-27-20/h1-10,15H,11-14,16H2/b5-1+,8-4+. The minimum Gasteiger partial charge on any atom is -0.454 e. The SMILES string of the molecule is O=C(/C=C/C=C/c1ccc2c(c1)OCO2)N1CCN(c2ccccc2F)CC1. The largest absolute Gasteiger partial charge is 0.454 e. The van der Waals surface area contributed by atoms with E-state index in [9.17, 15) is 9.18 Å². The van der Waals surface area contributed by atoms with E-state index >= 15 is 0 Å². The second kappa shape index (κ2) is 8.17. The van der Waals surface area contributed by atoms with Crippen molar-refractivity contribution in [1.29, 1.82) is 0 Å². The Morgan fingerprint density at radius 1 is 0.964 bits per heavy atom. The third-order valence-corrected chi connectivity index (χ3v) is 4.82. The number of rotatable bonds is 4. The number of allylic oxidation sites excluding steroid dienone is 2. The third kappa shape index (κ3) is 4.01. The Balaban J connectivity index is 1.29. The Kier molecular flexibility index (Phi) is 5.28. The molecule has 0 N–H and O–H groups in total. The van der Waals surface area contributed by atoms with E-state index in [2.05, 4.69) is 0 Å². The van der Waals surface area contributed by atoms with Gasteiger partial charge in [-0.3, -0.25) is 4.79 Å². The summed E-state index contributed by atoms with van der Waals surface area (Å²) < 4.78 is 24.5. The number of anilines is 1. The van der Waals surface area contributed by atoms with E-state index in [1.165, 1.54) is 6.07 Å². The molecule has 28 heavy (non-hydrogen) atoms. The van der Waals surface area contributed by atoms with Crippen LogP contribution in [0.15, 0.2) is 60.7 Å². The molecule has 2 aliphatic rings. The van der Waals surface area contributed by atoms with E-state index in [0.717, 1.165) is 17.1 Å². The van der Waals surface area contributed by atoms with E-state index in [4.69, 9.17) is 9.47 Å². The maximum atomic E-state index is 13.9. The molecule has 2 aliphatic heterocycles. The summed E-state index contributed by atoms with van der Waals surface area (Å²) >= 11 is 0. The number of hydrogen-bond acceptors (Lipinski definition) is 4. The van der Waals surface area contributed by atoms with Crippen LogP contribution in [0.3, 0.4) is 0 Å². The highest BCUT2D eigenvalue weighted by Gasteiger charge is 2.21. The van der Waals surface area contributed by atoms with Gasteiger partial charge in [0.1, 0.15) is 5.82 Å². The molecule has 0 aromatic heterocycles. The van der Waals surface area contributed by atoms with Gasteiger partial charge >= 0.3 is 0 Å². The second-order valence-corrected chi connectivity index (χ2v) is 6.59. The first-order chi connectivity index (χ1) is 13.7. The zero-order chi connectivity index (χ0) is 19.3. The van der Waals surface area contributed by atoms with E-state index in [-0.39, 0.29) is 18.5 Å². The van der Waals surface area contributed by atoms with Crippen molar-refractivity contribution < 1.29 is 18.7 Å². The molecule has 0 radical (unpaired) electrons. The number of ether oxygens (including phenoxy) is 2. The molecule has 2 aromatic rings. The normalized spacial score (nSPS) is 16.3. The van der Waals surface area contributed by atoms with Crippen molar-refractivity contribution in [3.05, 3.63) is 72.1 Å². The Morgan fingerprint density at radius 2 is 1.75 bits per heavy atom. The molecular weight excluding hydrogens is 359 g/mol. The van der Waals surface area contributed by atoms with Crippen molar-refractivity contribution in [3.8, 4) is 11.5 Å². The van der Waals surface area contributed by atoms with Gasteiger partial charge in [-0.25, -0.2) is 4.39 Å². The highest BCUT2D eigenvalue weighted by Crippen LogP contribution is 2.32. The minimum absolute atomic E-state index is 0.0384. The Labute approximate surface area is 163 Å². The van der Waals surface area contributed by atoms with Gasteiger partial charge in [-0.05, 0) is 29.8 Å². The van der Waals surface area contributed by atoms with Gasteiger partial charge in [-0.15, -0.1) is 0 Å². The number of amides is 1. The van der Waals surface area contributed by atoms with E-state index < -0.39 is 0 Å². The molecule has 0 saturated carbocycles. The van der Waals surface area contributed by atoms with E-state index in [1.807, 2.05) is 41.3 Å². The van der Waals surface area contributed by atoms with Crippen LogP contribution in [-0.4, -0.2) is 43.8 Å². The number of hydrogen-bond donors (Lipinski definition) is 0. The molecule has 0 unspecified atom stereocenters. The number of carbonyl (C=O) groups is 1. The molecule has 0 aliphatic carbocycles. The molecule has 0 spiro atoms. The van der Waals surface area contributed by atoms with Gasteiger partial charge < -0.3 is 19.3 Å². The first-order valence-electron chi connectivity index (χ1n) is 9.23. The molecular formula is C22H21FN2O3. The summed E-state index contributed by atoms with van der Waals surface area (Å²) in [6.45, 7) is 2.63. The quantitative estimate of drug-likeness (QED) is 0.602. The summed E-state index contributed by atoms with van der Waals surface area (Å²) in [7, 11) is 0. The molecule has 4 rings (SSSR count). The molecule has 2 aromatic carbocycles. The van der Waals surface area contributed by atoms with Gasteiger partial charge in [-0.2, -0.15) is 0 Å². The van der Waals surface area contributed by atoms with E-state index in [0.29, 0.717) is 31.9 Å². The van der Waals surface area contributed by atoms with Crippen molar-refractivity contribution in [3.63, 3.8) is 0 Å². The zero-order valence-corrected chi connectivity index (χ0v) is 15.4. The number of carbonyl (C=O) groups excluding carboxylic acids is 1. The van der Waals surface area contributed by atoms with Gasteiger partial charge in [0.05, 0.1) is 5.69 Å². The maximum Gasteiger partial charge on any atom is 0.246 e. The lowest BCUT2D eigenvalue weighted by atomic mass is 10.2. The number of para-hydroxylation sites is 1. The van der Waals surface area contributed by atoms with Gasteiger partial charge in [-0.1, -0.05) is 36.4 Å². The number of benzene rings is 2. The lowest BCUT2D eigenvalue weighted by Gasteiger charge is -2.35. The van der Waals surface area contributed by atoms with Crippen LogP contribution in [0.25, 0.3) is 6.08 Å². The van der Waals surface area contributed by atoms with Gasteiger partial charge in [0.15, 0.2) is 11.5 Å². The fraction of sp³-hybridized carbons (Fsp3) is 0.227. The topological polar surface area (TPSA) is 42.0 Å². The van der Waals surface area contributed by atoms with Crippen LogP contribution in [-0.2, 0) is 4.79 Å². The summed E-state index contributed by atoms with van der Waals surface area (Å²) in [5.41, 5.74) is 1.57. The molecule has 5 nitrogen and oxygen atoms in total. The Hall–Kier alpha value is -3.28. The smallest absolute Gasteiger partial charge is 0.246 e. The molecule has 0 bridgehead atoms. The number of piperazine rings is 1. The monoisotopic (exact) mass is 380 g/mol. The molecule has 2 heterocycles. The van der Waals surface area contributed by atoms with Crippen molar-refractivity contribution in [1.82, 2.24) is 4.90 Å². The Morgan fingerprint density at radius 3 is 2.57 bits per heavy atom. The second-order valence-electron chi connectivity index (χ2n) is 6.59. The van der Waals surface area contributed by atoms with Crippen LogP contribution in [0.1, 0.15) is 5.56 Å². The highest BCUT2D eigenvalue weighted by molar-refractivity contribution is 5.88. The maximum absolute atomic E-state index is 13.9. The van der Waals surface area contributed by atoms with Crippen LogP contribution in [0.5, 0.6) is 11.5 Å². The van der Waals surface area contributed by atoms with Crippen molar-refractivity contribution in [2.24, 2.45) is 0 Å². The fourth-order valence-electron chi connectivity index (χ4n) is 3.30. The first kappa shape index (κ1) is 18.1. The molecule has 6 heteroatoms. The lowest BCUT2D eigenvalue weighted by molar-refractivity contribution is -0.126. The number of nitrogens with zero attached hydrogens (tertiary/aromatic N) is 2. The summed E-state index contributed by atoms with van der Waals surface area (Å²) in [5.74, 6) is 1.21. The summed E-state index contributed by atoms with van der Waals surface area (Å²) in [6.07, 6.45) is 7.02. The van der Waals surface area contributed by atoms with Gasteiger partial charge in [0, 0.05) is 32.3 Å². The van der Waals surface area contributed by atoms with Crippen molar-refractivity contribution in [2.45, 2.75) is 0 Å². The summed E-state index contributed by atoms with van der Waals surface area (Å²) in [6, 6.07) is 12.4. The summed E-state index contributed by atoms with van der Waals surface area (Å²) in [5, 5.41) is 0. The minimum atomic E-state index is -0.226. The lowest BCUT2D eigenvalue weighted by Crippen LogP contribution is -2.48. The molecule has 1 fully saturated rings. The average molecular weight is 380 g/mol. The fourth-order valence-corrected chi connectivity index (χ4v) is 3.30. The van der Waals surface area contributed by atoms with Gasteiger partial charge in [0.2, 0.25) is 12.7 Å².